The minimum Gasteiger partial charge on any atom is -0.303 e. The molecule has 0 fully saturated rings. The number of hydrogen-bond donors (Lipinski definition) is 0. The lowest BCUT2D eigenvalue weighted by Gasteiger charge is -2.22. The predicted octanol–water partition coefficient (Wildman–Crippen LogP) is 4.62. The predicted molar refractivity (Wildman–Crippen MR) is 83.6 cm³/mol. The molecule has 0 radical (unpaired) electrons. The van der Waals surface area contributed by atoms with Crippen molar-refractivity contribution in [2.45, 2.75) is 13.0 Å². The molecule has 3 rings (SSSR count). The standard InChI is InChI=1S/C18H19N/c1-13(19(2)3)15-9-6-10-17-16-8-5-4-7-14(16)11-12-18(15)17/h4-13H,1-3H3. The molecule has 1 unspecified atom stereocenters. The Balaban J connectivity index is 2.35. The zero-order valence-electron chi connectivity index (χ0n) is 11.7. The van der Waals surface area contributed by atoms with E-state index < -0.39 is 0 Å². The molecule has 1 heteroatoms. The van der Waals surface area contributed by atoms with Gasteiger partial charge >= 0.3 is 0 Å². The molecule has 3 aromatic rings. The van der Waals surface area contributed by atoms with Crippen molar-refractivity contribution in [2.75, 3.05) is 14.1 Å². The van der Waals surface area contributed by atoms with Crippen LogP contribution in [-0.2, 0) is 0 Å². The second kappa shape index (κ2) is 4.67. The SMILES string of the molecule is CC(c1cccc2c1ccc1ccccc12)N(C)C. The van der Waals surface area contributed by atoms with Crippen molar-refractivity contribution in [3.8, 4) is 0 Å². The van der Waals surface area contributed by atoms with Crippen molar-refractivity contribution in [3.63, 3.8) is 0 Å². The van der Waals surface area contributed by atoms with Crippen molar-refractivity contribution in [2.24, 2.45) is 0 Å². The number of fused-ring (bicyclic) bond motifs is 3. The molecule has 3 aromatic carbocycles. The summed E-state index contributed by atoms with van der Waals surface area (Å²) in [6.45, 7) is 2.25. The average molecular weight is 249 g/mol. The Kier molecular flexibility index (Phi) is 3.00. The molecular weight excluding hydrogens is 230 g/mol. The zero-order chi connectivity index (χ0) is 13.4. The van der Waals surface area contributed by atoms with Crippen LogP contribution in [0.25, 0.3) is 21.5 Å². The Labute approximate surface area is 114 Å². The smallest absolute Gasteiger partial charge is 0.0319 e. The van der Waals surface area contributed by atoms with Gasteiger partial charge in [0.1, 0.15) is 0 Å². The Morgan fingerprint density at radius 3 is 2.26 bits per heavy atom. The van der Waals surface area contributed by atoms with E-state index in [-0.39, 0.29) is 0 Å². The lowest BCUT2D eigenvalue weighted by Crippen LogP contribution is -2.16. The molecule has 1 nitrogen and oxygen atoms in total. The van der Waals surface area contributed by atoms with Gasteiger partial charge < -0.3 is 4.90 Å². The van der Waals surface area contributed by atoms with E-state index in [0.29, 0.717) is 6.04 Å². The van der Waals surface area contributed by atoms with Crippen LogP contribution in [0.15, 0.2) is 54.6 Å². The molecule has 0 saturated carbocycles. The summed E-state index contributed by atoms with van der Waals surface area (Å²) in [5.41, 5.74) is 1.40. The lowest BCUT2D eigenvalue weighted by atomic mass is 9.95. The number of benzene rings is 3. The van der Waals surface area contributed by atoms with Crippen LogP contribution in [0.5, 0.6) is 0 Å². The fourth-order valence-electron chi connectivity index (χ4n) is 2.71. The highest BCUT2D eigenvalue weighted by Crippen LogP contribution is 2.31. The molecule has 0 N–H and O–H groups in total. The van der Waals surface area contributed by atoms with Crippen molar-refractivity contribution in [3.05, 3.63) is 60.2 Å². The quantitative estimate of drug-likeness (QED) is 0.599. The molecule has 0 aromatic heterocycles. The molecule has 0 bridgehead atoms. The molecule has 19 heavy (non-hydrogen) atoms. The van der Waals surface area contributed by atoms with Gasteiger partial charge in [0.2, 0.25) is 0 Å². The van der Waals surface area contributed by atoms with Crippen LogP contribution >= 0.6 is 0 Å². The van der Waals surface area contributed by atoms with Gasteiger partial charge in [-0.1, -0.05) is 54.6 Å². The number of nitrogens with zero attached hydrogens (tertiary/aromatic N) is 1. The van der Waals surface area contributed by atoms with Crippen molar-refractivity contribution >= 4 is 21.5 Å². The summed E-state index contributed by atoms with van der Waals surface area (Å²) < 4.78 is 0. The number of hydrogen-bond acceptors (Lipinski definition) is 1. The van der Waals surface area contributed by atoms with Crippen molar-refractivity contribution in [1.82, 2.24) is 4.90 Å². The summed E-state index contributed by atoms with van der Waals surface area (Å²) in [5, 5.41) is 5.36. The largest absolute Gasteiger partial charge is 0.303 e. The summed E-state index contributed by atoms with van der Waals surface area (Å²) in [6.07, 6.45) is 0. The van der Waals surface area contributed by atoms with Gasteiger partial charge in [-0.05, 0) is 48.1 Å². The summed E-state index contributed by atoms with van der Waals surface area (Å²) in [6, 6.07) is 20.1. The Morgan fingerprint density at radius 1 is 0.737 bits per heavy atom. The van der Waals surface area contributed by atoms with Crippen LogP contribution in [0.4, 0.5) is 0 Å². The lowest BCUT2D eigenvalue weighted by molar-refractivity contribution is 0.323. The second-order valence-corrected chi connectivity index (χ2v) is 5.37. The van der Waals surface area contributed by atoms with Gasteiger partial charge in [0.05, 0.1) is 0 Å². The average Bonchev–Trinajstić information content (AvgIpc) is 2.45. The van der Waals surface area contributed by atoms with Crippen LogP contribution in [0, 0.1) is 0 Å². The summed E-state index contributed by atoms with van der Waals surface area (Å²) >= 11 is 0. The normalized spacial score (nSPS) is 13.3. The van der Waals surface area contributed by atoms with Crippen LogP contribution in [-0.4, -0.2) is 19.0 Å². The first kappa shape index (κ1) is 12.2. The molecular formula is C18H19N. The van der Waals surface area contributed by atoms with E-state index in [2.05, 4.69) is 80.5 Å². The highest BCUT2D eigenvalue weighted by Gasteiger charge is 2.12. The molecule has 0 aliphatic carbocycles. The maximum Gasteiger partial charge on any atom is 0.0319 e. The van der Waals surface area contributed by atoms with E-state index in [1.54, 1.807) is 0 Å². The topological polar surface area (TPSA) is 3.24 Å². The van der Waals surface area contributed by atoms with Gasteiger partial charge in [-0.2, -0.15) is 0 Å². The van der Waals surface area contributed by atoms with Gasteiger partial charge in [-0.25, -0.2) is 0 Å². The summed E-state index contributed by atoms with van der Waals surface area (Å²) in [5.74, 6) is 0. The molecule has 0 aliphatic heterocycles. The van der Waals surface area contributed by atoms with Crippen LogP contribution in [0.3, 0.4) is 0 Å². The monoisotopic (exact) mass is 249 g/mol. The second-order valence-electron chi connectivity index (χ2n) is 5.37. The molecule has 0 spiro atoms. The van der Waals surface area contributed by atoms with Gasteiger partial charge in [0.25, 0.3) is 0 Å². The third-order valence-electron chi connectivity index (χ3n) is 4.05. The van der Waals surface area contributed by atoms with Gasteiger partial charge in [0, 0.05) is 6.04 Å². The fourth-order valence-corrected chi connectivity index (χ4v) is 2.71. The first-order valence-electron chi connectivity index (χ1n) is 6.75. The first-order chi connectivity index (χ1) is 9.18. The number of rotatable bonds is 2. The van der Waals surface area contributed by atoms with E-state index >= 15 is 0 Å². The van der Waals surface area contributed by atoms with Gasteiger partial charge in [0.15, 0.2) is 0 Å². The maximum absolute atomic E-state index is 2.26. The third-order valence-corrected chi connectivity index (χ3v) is 4.05. The highest BCUT2D eigenvalue weighted by molar-refractivity contribution is 6.08. The van der Waals surface area contributed by atoms with E-state index in [4.69, 9.17) is 0 Å². The zero-order valence-corrected chi connectivity index (χ0v) is 11.7. The summed E-state index contributed by atoms with van der Waals surface area (Å²) in [7, 11) is 4.26. The molecule has 0 aliphatic rings. The van der Waals surface area contributed by atoms with E-state index in [0.717, 1.165) is 0 Å². The Hall–Kier alpha value is -1.86. The van der Waals surface area contributed by atoms with Gasteiger partial charge in [-0.15, -0.1) is 0 Å². The summed E-state index contributed by atoms with van der Waals surface area (Å²) in [4.78, 5) is 2.25. The molecule has 0 heterocycles. The van der Waals surface area contributed by atoms with Crippen LogP contribution < -0.4 is 0 Å². The molecule has 0 saturated heterocycles. The minimum absolute atomic E-state index is 0.421. The fraction of sp³-hybridized carbons (Fsp3) is 0.222. The molecule has 96 valence electrons. The van der Waals surface area contributed by atoms with Crippen LogP contribution in [0.1, 0.15) is 18.5 Å². The molecule has 0 amide bonds. The van der Waals surface area contributed by atoms with Crippen LogP contribution in [0.2, 0.25) is 0 Å². The maximum atomic E-state index is 2.26. The van der Waals surface area contributed by atoms with E-state index in [9.17, 15) is 0 Å². The first-order valence-corrected chi connectivity index (χ1v) is 6.75. The highest BCUT2D eigenvalue weighted by atomic mass is 15.1. The van der Waals surface area contributed by atoms with E-state index in [1.165, 1.54) is 27.1 Å². The van der Waals surface area contributed by atoms with Gasteiger partial charge in [-0.3, -0.25) is 0 Å². The minimum atomic E-state index is 0.421. The Bertz CT molecular complexity index is 728. The molecule has 1 atom stereocenters. The van der Waals surface area contributed by atoms with Crippen molar-refractivity contribution in [1.29, 1.82) is 0 Å². The van der Waals surface area contributed by atoms with E-state index in [1.807, 2.05) is 0 Å². The third kappa shape index (κ3) is 2.00. The Morgan fingerprint density at radius 2 is 1.47 bits per heavy atom. The van der Waals surface area contributed by atoms with Crippen molar-refractivity contribution < 1.29 is 0 Å².